The van der Waals surface area contributed by atoms with E-state index in [-0.39, 0.29) is 17.6 Å². The zero-order chi connectivity index (χ0) is 18.8. The van der Waals surface area contributed by atoms with E-state index in [9.17, 15) is 14.9 Å². The molecule has 0 fully saturated rings. The van der Waals surface area contributed by atoms with E-state index in [1.165, 1.54) is 19.1 Å². The number of rotatable bonds is 4. The molecule has 136 valence electrons. The van der Waals surface area contributed by atoms with Gasteiger partial charge in [0.15, 0.2) is 11.5 Å². The SMILES string of the molecule is COc1cc2c(cc1OC)[C@@H](c1ccc([N+](=O)[O-])cc1)N(C(C)=O)CC2. The highest BCUT2D eigenvalue weighted by Crippen LogP contribution is 2.41. The molecule has 1 amide bonds. The van der Waals surface area contributed by atoms with Crippen LogP contribution in [0.25, 0.3) is 0 Å². The lowest BCUT2D eigenvalue weighted by Crippen LogP contribution is -2.39. The molecule has 26 heavy (non-hydrogen) atoms. The van der Waals surface area contributed by atoms with Crippen LogP contribution in [-0.2, 0) is 11.2 Å². The molecule has 0 aliphatic carbocycles. The van der Waals surface area contributed by atoms with E-state index in [1.807, 2.05) is 12.1 Å². The number of nitrogens with zero attached hydrogens (tertiary/aromatic N) is 2. The van der Waals surface area contributed by atoms with Crippen molar-refractivity contribution < 1.29 is 19.2 Å². The molecule has 1 atom stereocenters. The number of hydrogen-bond acceptors (Lipinski definition) is 5. The van der Waals surface area contributed by atoms with Crippen LogP contribution in [0.1, 0.15) is 29.7 Å². The number of amides is 1. The summed E-state index contributed by atoms with van der Waals surface area (Å²) in [4.78, 5) is 24.5. The van der Waals surface area contributed by atoms with Crippen molar-refractivity contribution in [2.75, 3.05) is 20.8 Å². The fourth-order valence-corrected chi connectivity index (χ4v) is 3.42. The zero-order valence-electron chi connectivity index (χ0n) is 14.9. The molecule has 0 saturated carbocycles. The molecule has 3 rings (SSSR count). The van der Waals surface area contributed by atoms with Crippen molar-refractivity contribution in [1.82, 2.24) is 4.90 Å². The van der Waals surface area contributed by atoms with Crippen LogP contribution in [0.2, 0.25) is 0 Å². The van der Waals surface area contributed by atoms with Gasteiger partial charge in [-0.15, -0.1) is 0 Å². The smallest absolute Gasteiger partial charge is 0.269 e. The summed E-state index contributed by atoms with van der Waals surface area (Å²) >= 11 is 0. The first-order valence-corrected chi connectivity index (χ1v) is 8.22. The van der Waals surface area contributed by atoms with E-state index < -0.39 is 4.92 Å². The number of methoxy groups -OCH3 is 2. The van der Waals surface area contributed by atoms with Crippen LogP contribution in [0.3, 0.4) is 0 Å². The Bertz CT molecular complexity index is 848. The number of nitro benzene ring substituents is 1. The number of fused-ring (bicyclic) bond motifs is 1. The molecule has 7 heteroatoms. The summed E-state index contributed by atoms with van der Waals surface area (Å²) in [5.41, 5.74) is 2.85. The van der Waals surface area contributed by atoms with Gasteiger partial charge in [-0.2, -0.15) is 0 Å². The van der Waals surface area contributed by atoms with E-state index in [4.69, 9.17) is 9.47 Å². The van der Waals surface area contributed by atoms with Crippen LogP contribution >= 0.6 is 0 Å². The van der Waals surface area contributed by atoms with E-state index in [1.54, 1.807) is 31.3 Å². The average Bonchev–Trinajstić information content (AvgIpc) is 2.65. The second-order valence-corrected chi connectivity index (χ2v) is 6.12. The van der Waals surface area contributed by atoms with Gasteiger partial charge in [-0.05, 0) is 47.4 Å². The van der Waals surface area contributed by atoms with Crippen LogP contribution in [0.4, 0.5) is 5.69 Å². The lowest BCUT2D eigenvalue weighted by molar-refractivity contribution is -0.384. The predicted molar refractivity (Wildman–Crippen MR) is 95.6 cm³/mol. The highest BCUT2D eigenvalue weighted by Gasteiger charge is 2.32. The maximum Gasteiger partial charge on any atom is 0.269 e. The predicted octanol–water partition coefficient (Wildman–Crippen LogP) is 3.11. The van der Waals surface area contributed by atoms with Gasteiger partial charge in [-0.25, -0.2) is 0 Å². The summed E-state index contributed by atoms with van der Waals surface area (Å²) in [5, 5.41) is 10.9. The number of carbonyl (C=O) groups is 1. The summed E-state index contributed by atoms with van der Waals surface area (Å²) < 4.78 is 10.8. The van der Waals surface area contributed by atoms with Crippen molar-refractivity contribution in [3.8, 4) is 11.5 Å². The quantitative estimate of drug-likeness (QED) is 0.621. The molecule has 0 radical (unpaired) electrons. The Morgan fingerprint density at radius 3 is 2.31 bits per heavy atom. The van der Waals surface area contributed by atoms with Crippen molar-refractivity contribution in [3.63, 3.8) is 0 Å². The number of carbonyl (C=O) groups excluding carboxylic acids is 1. The van der Waals surface area contributed by atoms with Crippen molar-refractivity contribution in [2.24, 2.45) is 0 Å². The van der Waals surface area contributed by atoms with Crippen LogP contribution in [0.15, 0.2) is 36.4 Å². The maximum absolute atomic E-state index is 12.2. The normalized spacial score (nSPS) is 16.0. The molecule has 1 heterocycles. The third kappa shape index (κ3) is 3.08. The second kappa shape index (κ2) is 7.03. The van der Waals surface area contributed by atoms with Crippen molar-refractivity contribution in [3.05, 3.63) is 63.2 Å². The molecule has 2 aromatic rings. The number of nitro groups is 1. The maximum atomic E-state index is 12.2. The molecular formula is C19H20N2O5. The Labute approximate surface area is 151 Å². The fraction of sp³-hybridized carbons (Fsp3) is 0.316. The molecule has 1 aliphatic rings. The summed E-state index contributed by atoms with van der Waals surface area (Å²) in [5.74, 6) is 1.18. The molecular weight excluding hydrogens is 336 g/mol. The third-order valence-corrected chi connectivity index (χ3v) is 4.70. The number of non-ortho nitro benzene ring substituents is 1. The summed E-state index contributed by atoms with van der Waals surface area (Å²) in [7, 11) is 3.15. The number of hydrogen-bond donors (Lipinski definition) is 0. The molecule has 7 nitrogen and oxygen atoms in total. The van der Waals surface area contributed by atoms with E-state index >= 15 is 0 Å². The minimum atomic E-state index is -0.435. The minimum Gasteiger partial charge on any atom is -0.493 e. The monoisotopic (exact) mass is 356 g/mol. The molecule has 0 spiro atoms. The molecule has 2 aromatic carbocycles. The van der Waals surface area contributed by atoms with E-state index in [0.29, 0.717) is 24.5 Å². The molecule has 0 saturated heterocycles. The van der Waals surface area contributed by atoms with Crippen molar-refractivity contribution in [1.29, 1.82) is 0 Å². The highest BCUT2D eigenvalue weighted by molar-refractivity contribution is 5.75. The van der Waals surface area contributed by atoms with Gasteiger partial charge in [0.25, 0.3) is 5.69 Å². The number of benzene rings is 2. The topological polar surface area (TPSA) is 81.9 Å². The average molecular weight is 356 g/mol. The lowest BCUT2D eigenvalue weighted by Gasteiger charge is -2.37. The second-order valence-electron chi connectivity index (χ2n) is 6.12. The molecule has 0 bridgehead atoms. The Morgan fingerprint density at radius 2 is 1.77 bits per heavy atom. The van der Waals surface area contributed by atoms with Crippen LogP contribution < -0.4 is 9.47 Å². The zero-order valence-corrected chi connectivity index (χ0v) is 14.9. The minimum absolute atomic E-state index is 0.0199. The Kier molecular flexibility index (Phi) is 4.79. The summed E-state index contributed by atoms with van der Waals surface area (Å²) in [6.45, 7) is 2.10. The Morgan fingerprint density at radius 1 is 1.15 bits per heavy atom. The van der Waals surface area contributed by atoms with Crippen LogP contribution in [0.5, 0.6) is 11.5 Å². The molecule has 0 unspecified atom stereocenters. The van der Waals surface area contributed by atoms with Gasteiger partial charge in [-0.1, -0.05) is 0 Å². The third-order valence-electron chi connectivity index (χ3n) is 4.70. The van der Waals surface area contributed by atoms with Gasteiger partial charge >= 0.3 is 0 Å². The van der Waals surface area contributed by atoms with E-state index in [2.05, 4.69) is 0 Å². The highest BCUT2D eigenvalue weighted by atomic mass is 16.6. The molecule has 0 N–H and O–H groups in total. The van der Waals surface area contributed by atoms with Crippen LogP contribution in [-0.4, -0.2) is 36.5 Å². The van der Waals surface area contributed by atoms with Crippen molar-refractivity contribution in [2.45, 2.75) is 19.4 Å². The van der Waals surface area contributed by atoms with Crippen molar-refractivity contribution >= 4 is 11.6 Å². The molecule has 0 aromatic heterocycles. The summed E-state index contributed by atoms with van der Waals surface area (Å²) in [6.07, 6.45) is 0.707. The standard InChI is InChI=1S/C19H20N2O5/c1-12(22)20-9-8-14-10-17(25-2)18(26-3)11-16(14)19(20)13-4-6-15(7-5-13)21(23)24/h4-7,10-11,19H,8-9H2,1-3H3/t19-/m1/s1. The Hall–Kier alpha value is -3.09. The van der Waals surface area contributed by atoms with Gasteiger partial charge < -0.3 is 14.4 Å². The fourth-order valence-electron chi connectivity index (χ4n) is 3.42. The molecule has 1 aliphatic heterocycles. The van der Waals surface area contributed by atoms with Gasteiger partial charge in [-0.3, -0.25) is 14.9 Å². The largest absolute Gasteiger partial charge is 0.493 e. The Balaban J connectivity index is 2.14. The first kappa shape index (κ1) is 17.7. The lowest BCUT2D eigenvalue weighted by atomic mass is 9.87. The van der Waals surface area contributed by atoms with Gasteiger partial charge in [0, 0.05) is 25.6 Å². The number of ether oxygens (including phenoxy) is 2. The first-order valence-electron chi connectivity index (χ1n) is 8.22. The van der Waals surface area contributed by atoms with Gasteiger partial charge in [0.2, 0.25) is 5.91 Å². The van der Waals surface area contributed by atoms with Gasteiger partial charge in [0.1, 0.15) is 0 Å². The van der Waals surface area contributed by atoms with Crippen LogP contribution in [0, 0.1) is 10.1 Å². The first-order chi connectivity index (χ1) is 12.5. The summed E-state index contributed by atoms with van der Waals surface area (Å²) in [6, 6.07) is 9.82. The van der Waals surface area contributed by atoms with E-state index in [0.717, 1.165) is 16.7 Å². The van der Waals surface area contributed by atoms with Gasteiger partial charge in [0.05, 0.1) is 25.2 Å².